The van der Waals surface area contributed by atoms with E-state index in [0.29, 0.717) is 10.3 Å². The van der Waals surface area contributed by atoms with E-state index in [2.05, 4.69) is 36.2 Å². The fraction of sp³-hybridized carbons (Fsp3) is 0.200. The van der Waals surface area contributed by atoms with Gasteiger partial charge >= 0.3 is 0 Å². The number of nitrogens with zero attached hydrogens (tertiary/aromatic N) is 3. The predicted octanol–water partition coefficient (Wildman–Crippen LogP) is 2.65. The average Bonchev–Trinajstić information content (AvgIpc) is 2.85. The predicted molar refractivity (Wildman–Crippen MR) is 69.2 cm³/mol. The first-order valence-electron chi connectivity index (χ1n) is 5.13. The number of pyridine rings is 1. The van der Waals surface area contributed by atoms with Gasteiger partial charge in [0, 0.05) is 18.5 Å². The Hall–Kier alpha value is -1.96. The van der Waals surface area contributed by atoms with Crippen LogP contribution in [0.3, 0.4) is 0 Å². The Morgan fingerprint density at radius 2 is 2.33 bits per heavy atom. The fourth-order valence-corrected chi connectivity index (χ4v) is 1.87. The summed E-state index contributed by atoms with van der Waals surface area (Å²) in [5.41, 5.74) is -0.0573. The number of halogens is 1. The molecule has 1 atom stereocenters. The Balaban J connectivity index is 2.17. The second-order valence-electron chi connectivity index (χ2n) is 3.62. The minimum atomic E-state index is -0.489. The Bertz CT molecular complexity index is 557. The van der Waals surface area contributed by atoms with E-state index in [9.17, 15) is 10.1 Å². The van der Waals surface area contributed by atoms with Crippen molar-refractivity contribution in [1.82, 2.24) is 15.0 Å². The summed E-state index contributed by atoms with van der Waals surface area (Å²) in [5.74, 6) is 1.30. The van der Waals surface area contributed by atoms with E-state index < -0.39 is 4.92 Å². The second-order valence-corrected chi connectivity index (χ2v) is 4.48. The molecular formula is C10H10BrN5O2. The van der Waals surface area contributed by atoms with E-state index in [4.69, 9.17) is 0 Å². The average molecular weight is 312 g/mol. The molecule has 7 nitrogen and oxygen atoms in total. The number of aromatic amines is 1. The summed E-state index contributed by atoms with van der Waals surface area (Å²) in [4.78, 5) is 21.2. The summed E-state index contributed by atoms with van der Waals surface area (Å²) < 4.78 is 0.537. The number of hydrogen-bond acceptors (Lipinski definition) is 5. The smallest absolute Gasteiger partial charge is 0.288 e. The molecule has 0 saturated carbocycles. The molecule has 0 aliphatic heterocycles. The van der Waals surface area contributed by atoms with E-state index in [1.54, 1.807) is 12.4 Å². The number of nitrogens with one attached hydrogen (secondary N) is 2. The monoisotopic (exact) mass is 311 g/mol. The van der Waals surface area contributed by atoms with Crippen LogP contribution < -0.4 is 5.32 Å². The number of hydrogen-bond donors (Lipinski definition) is 2. The van der Waals surface area contributed by atoms with Crippen LogP contribution in [0.2, 0.25) is 0 Å². The zero-order chi connectivity index (χ0) is 13.1. The molecule has 18 heavy (non-hydrogen) atoms. The molecule has 2 heterocycles. The Morgan fingerprint density at radius 3 is 2.89 bits per heavy atom. The lowest BCUT2D eigenvalue weighted by atomic mass is 10.3. The third kappa shape index (κ3) is 2.65. The highest BCUT2D eigenvalue weighted by atomic mass is 79.9. The van der Waals surface area contributed by atoms with Gasteiger partial charge in [-0.3, -0.25) is 10.1 Å². The van der Waals surface area contributed by atoms with Crippen LogP contribution in [-0.4, -0.2) is 19.9 Å². The number of aromatic nitrogens is 3. The molecule has 0 aliphatic rings. The van der Waals surface area contributed by atoms with Crippen LogP contribution in [0.25, 0.3) is 0 Å². The molecule has 0 amide bonds. The van der Waals surface area contributed by atoms with Gasteiger partial charge in [0.2, 0.25) is 0 Å². The number of nitro groups is 1. The minimum absolute atomic E-state index is 0.0573. The highest BCUT2D eigenvalue weighted by Crippen LogP contribution is 2.26. The maximum Gasteiger partial charge on any atom is 0.288 e. The van der Waals surface area contributed by atoms with Crippen molar-refractivity contribution in [2.75, 3.05) is 5.32 Å². The molecule has 0 saturated heterocycles. The van der Waals surface area contributed by atoms with Crippen molar-refractivity contribution >= 4 is 27.4 Å². The van der Waals surface area contributed by atoms with E-state index in [1.165, 1.54) is 12.3 Å². The molecule has 2 N–H and O–H groups in total. The molecule has 2 rings (SSSR count). The number of H-pyrrole nitrogens is 1. The third-order valence-electron chi connectivity index (χ3n) is 2.32. The number of rotatable bonds is 4. The lowest BCUT2D eigenvalue weighted by Gasteiger charge is -2.12. The van der Waals surface area contributed by atoms with E-state index >= 15 is 0 Å². The van der Waals surface area contributed by atoms with Gasteiger partial charge in [-0.05, 0) is 22.9 Å². The van der Waals surface area contributed by atoms with Crippen LogP contribution in [0.1, 0.15) is 18.8 Å². The minimum Gasteiger partial charge on any atom is -0.359 e. The largest absolute Gasteiger partial charge is 0.359 e. The summed E-state index contributed by atoms with van der Waals surface area (Å²) >= 11 is 3.25. The Kier molecular flexibility index (Phi) is 3.56. The number of anilines is 1. The zero-order valence-corrected chi connectivity index (χ0v) is 11.0. The van der Waals surface area contributed by atoms with Crippen LogP contribution in [0.4, 0.5) is 11.5 Å². The van der Waals surface area contributed by atoms with Gasteiger partial charge in [0.1, 0.15) is 17.8 Å². The highest BCUT2D eigenvalue weighted by Gasteiger charge is 2.13. The lowest BCUT2D eigenvalue weighted by Crippen LogP contribution is -2.10. The third-order valence-corrected chi connectivity index (χ3v) is 2.92. The summed E-state index contributed by atoms with van der Waals surface area (Å²) in [7, 11) is 0. The van der Waals surface area contributed by atoms with Gasteiger partial charge < -0.3 is 10.3 Å². The molecule has 0 bridgehead atoms. The van der Waals surface area contributed by atoms with Crippen LogP contribution in [0.15, 0.2) is 29.1 Å². The second kappa shape index (κ2) is 5.13. The van der Waals surface area contributed by atoms with Gasteiger partial charge in [0.15, 0.2) is 0 Å². The van der Waals surface area contributed by atoms with Crippen molar-refractivity contribution in [3.05, 3.63) is 45.1 Å². The van der Waals surface area contributed by atoms with Gasteiger partial charge in [-0.2, -0.15) is 0 Å². The molecule has 1 unspecified atom stereocenters. The Morgan fingerprint density at radius 1 is 1.56 bits per heavy atom. The zero-order valence-electron chi connectivity index (χ0n) is 9.42. The number of imidazole rings is 1. The van der Waals surface area contributed by atoms with Gasteiger partial charge in [-0.1, -0.05) is 0 Å². The maximum atomic E-state index is 10.6. The first-order chi connectivity index (χ1) is 8.58. The van der Waals surface area contributed by atoms with Crippen molar-refractivity contribution in [2.24, 2.45) is 0 Å². The molecular weight excluding hydrogens is 302 g/mol. The molecule has 8 heteroatoms. The molecule has 0 radical (unpaired) electrons. The summed E-state index contributed by atoms with van der Waals surface area (Å²) in [6, 6.07) is 1.33. The topological polar surface area (TPSA) is 96.7 Å². The van der Waals surface area contributed by atoms with Gasteiger partial charge in [-0.15, -0.1) is 0 Å². The summed E-state index contributed by atoms with van der Waals surface area (Å²) in [6.45, 7) is 1.91. The molecule has 0 fully saturated rings. The van der Waals surface area contributed by atoms with Gasteiger partial charge in [0.05, 0.1) is 15.4 Å². The molecule has 0 aliphatic carbocycles. The molecule has 2 aromatic rings. The normalized spacial score (nSPS) is 12.1. The van der Waals surface area contributed by atoms with E-state index in [0.717, 1.165) is 5.82 Å². The van der Waals surface area contributed by atoms with Crippen LogP contribution in [0.5, 0.6) is 0 Å². The SMILES string of the molecule is CC(Nc1ncc([N+](=O)[O-])cc1Br)c1ncc[nH]1. The van der Waals surface area contributed by atoms with Gasteiger partial charge in [-0.25, -0.2) is 9.97 Å². The quantitative estimate of drug-likeness (QED) is 0.668. The van der Waals surface area contributed by atoms with Crippen molar-refractivity contribution < 1.29 is 4.92 Å². The van der Waals surface area contributed by atoms with E-state index in [1.807, 2.05) is 6.92 Å². The first kappa shape index (κ1) is 12.5. The molecule has 0 aromatic carbocycles. The molecule has 2 aromatic heterocycles. The van der Waals surface area contributed by atoms with Crippen molar-refractivity contribution in [1.29, 1.82) is 0 Å². The highest BCUT2D eigenvalue weighted by molar-refractivity contribution is 9.10. The maximum absolute atomic E-state index is 10.6. The van der Waals surface area contributed by atoms with Crippen LogP contribution >= 0.6 is 15.9 Å². The van der Waals surface area contributed by atoms with Crippen LogP contribution in [-0.2, 0) is 0 Å². The fourth-order valence-electron chi connectivity index (χ4n) is 1.42. The molecule has 0 spiro atoms. The Labute approximate surface area is 111 Å². The lowest BCUT2D eigenvalue weighted by molar-refractivity contribution is -0.385. The summed E-state index contributed by atoms with van der Waals surface area (Å²) in [5, 5.41) is 13.7. The first-order valence-corrected chi connectivity index (χ1v) is 5.93. The van der Waals surface area contributed by atoms with E-state index in [-0.39, 0.29) is 11.7 Å². The van der Waals surface area contributed by atoms with Crippen molar-refractivity contribution in [3.8, 4) is 0 Å². The van der Waals surface area contributed by atoms with Gasteiger partial charge in [0.25, 0.3) is 5.69 Å². The van der Waals surface area contributed by atoms with Crippen molar-refractivity contribution in [3.63, 3.8) is 0 Å². The van der Waals surface area contributed by atoms with Crippen molar-refractivity contribution in [2.45, 2.75) is 13.0 Å². The van der Waals surface area contributed by atoms with Crippen LogP contribution in [0, 0.1) is 10.1 Å². The molecule has 94 valence electrons. The summed E-state index contributed by atoms with van der Waals surface area (Å²) in [6.07, 6.45) is 4.60. The standard InChI is InChI=1S/C10H10BrN5O2/c1-6(9-12-2-3-13-9)15-10-8(11)4-7(5-14-10)16(17)18/h2-6H,1H3,(H,12,13)(H,14,15).